The van der Waals surface area contributed by atoms with E-state index in [0.717, 1.165) is 68.2 Å². The molecule has 0 spiro atoms. The van der Waals surface area contributed by atoms with Crippen LogP contribution in [0.3, 0.4) is 0 Å². The summed E-state index contributed by atoms with van der Waals surface area (Å²) in [6.07, 6.45) is 33.4. The fourth-order valence-corrected chi connectivity index (χ4v) is 11.0. The third-order valence-corrected chi connectivity index (χ3v) is 13.9. The van der Waals surface area contributed by atoms with Gasteiger partial charge in [0.05, 0.1) is 35.1 Å². The van der Waals surface area contributed by atoms with Crippen LogP contribution in [0, 0.1) is 17.8 Å². The van der Waals surface area contributed by atoms with Gasteiger partial charge in [0.1, 0.15) is 0 Å². The number of nitrogens with zero attached hydrogens (tertiary/aromatic N) is 9. The van der Waals surface area contributed by atoms with Crippen molar-refractivity contribution in [1.82, 2.24) is 58.1 Å². The summed E-state index contributed by atoms with van der Waals surface area (Å²) < 4.78 is 6.87. The number of imidazole rings is 3. The normalized spacial score (nSPS) is 22.8. The average Bonchev–Trinajstić information content (AvgIpc) is 4.09. The number of fused-ring (bicyclic) bond motifs is 9. The molecule has 9 heterocycles. The van der Waals surface area contributed by atoms with Crippen LogP contribution in [-0.4, -0.2) is 58.1 Å². The molecule has 0 unspecified atom stereocenters. The van der Waals surface area contributed by atoms with Crippen molar-refractivity contribution in [2.24, 2.45) is 17.8 Å². The van der Waals surface area contributed by atoms with Crippen LogP contribution in [0.4, 0.5) is 0 Å². The first kappa shape index (κ1) is 40.5. The maximum Gasteiger partial charge on any atom is 0.156 e. The molecular formula is C46H59ClN12. The van der Waals surface area contributed by atoms with Gasteiger partial charge in [0.25, 0.3) is 0 Å². The van der Waals surface area contributed by atoms with Gasteiger partial charge in [0.15, 0.2) is 33.9 Å². The minimum Gasteiger partial charge on any atom is -0.345 e. The van der Waals surface area contributed by atoms with Crippen LogP contribution < -0.4 is 0 Å². The Bertz CT molecular complexity index is 2480. The fourth-order valence-electron chi connectivity index (χ4n) is 11.0. The van der Waals surface area contributed by atoms with E-state index in [1.54, 1.807) is 0 Å². The summed E-state index contributed by atoms with van der Waals surface area (Å²) in [4.78, 5) is 36.4. The van der Waals surface area contributed by atoms with Crippen molar-refractivity contribution in [3.63, 3.8) is 0 Å². The van der Waals surface area contributed by atoms with Gasteiger partial charge in [0.2, 0.25) is 0 Å². The molecule has 6 atom stereocenters. The van der Waals surface area contributed by atoms with Crippen LogP contribution in [0.2, 0.25) is 0 Å². The largest absolute Gasteiger partial charge is 0.345 e. The van der Waals surface area contributed by atoms with Gasteiger partial charge >= 0.3 is 0 Å². The van der Waals surface area contributed by atoms with Gasteiger partial charge < -0.3 is 15.0 Å². The number of rotatable bonds is 6. The Morgan fingerprint density at radius 3 is 1.05 bits per heavy atom. The maximum atomic E-state index is 4.55. The van der Waals surface area contributed by atoms with Crippen LogP contribution in [0.1, 0.15) is 140 Å². The number of aromatic nitrogens is 12. The fraction of sp³-hybridized carbons (Fsp3) is 0.478. The molecule has 9 aromatic rings. The van der Waals surface area contributed by atoms with Crippen LogP contribution in [0.15, 0.2) is 74.0 Å². The smallest absolute Gasteiger partial charge is 0.156 e. The molecule has 59 heavy (non-hydrogen) atoms. The first-order chi connectivity index (χ1) is 28.1. The molecule has 13 heteroatoms. The standard InChI is InChI=1S/3C15H18N4.CH4.ClH/c3*1-2-10-4-3-5-11(10)13-8-17-14-9-18-15-12(19(13)14)6-7-16-15;;/h3*6-11,16H,2-5H2,1H3;1H4;1H/t3*10-,11+;;/m111../s1. The second kappa shape index (κ2) is 17.2. The van der Waals surface area contributed by atoms with Gasteiger partial charge in [-0.1, -0.05) is 66.7 Å². The highest BCUT2D eigenvalue weighted by atomic mass is 35.5. The zero-order valence-corrected chi connectivity index (χ0v) is 34.6. The zero-order valence-electron chi connectivity index (χ0n) is 33.8. The minimum absolute atomic E-state index is 0. The number of aromatic amines is 3. The molecule has 0 aliphatic heterocycles. The molecule has 9 aromatic heterocycles. The molecule has 0 saturated heterocycles. The Hall–Kier alpha value is -5.23. The van der Waals surface area contributed by atoms with E-state index >= 15 is 0 Å². The van der Waals surface area contributed by atoms with Crippen LogP contribution in [0.5, 0.6) is 0 Å². The van der Waals surface area contributed by atoms with Gasteiger partial charge in [0, 0.05) is 72.0 Å². The number of halogens is 1. The Morgan fingerprint density at radius 1 is 0.458 bits per heavy atom. The lowest BCUT2D eigenvalue weighted by atomic mass is 9.91. The molecule has 3 saturated carbocycles. The predicted molar refractivity (Wildman–Crippen MR) is 240 cm³/mol. The molecule has 3 N–H and O–H groups in total. The highest BCUT2D eigenvalue weighted by molar-refractivity contribution is 5.85. The highest BCUT2D eigenvalue weighted by Gasteiger charge is 2.32. The Balaban J connectivity index is 0.000000121. The number of hydrogen-bond donors (Lipinski definition) is 3. The number of nitrogens with one attached hydrogen (secondary N) is 3. The molecule has 12 nitrogen and oxygen atoms in total. The predicted octanol–water partition coefficient (Wildman–Crippen LogP) is 11.6. The van der Waals surface area contributed by atoms with Crippen molar-refractivity contribution >= 4 is 62.8 Å². The lowest BCUT2D eigenvalue weighted by Crippen LogP contribution is -2.08. The van der Waals surface area contributed by atoms with Gasteiger partial charge in [-0.25, -0.2) is 29.9 Å². The summed E-state index contributed by atoms with van der Waals surface area (Å²) in [5.74, 6) is 4.38. The zero-order chi connectivity index (χ0) is 38.5. The van der Waals surface area contributed by atoms with Gasteiger partial charge in [-0.3, -0.25) is 13.2 Å². The lowest BCUT2D eigenvalue weighted by Gasteiger charge is -2.17. The van der Waals surface area contributed by atoms with Crippen LogP contribution in [0.25, 0.3) is 50.4 Å². The van der Waals surface area contributed by atoms with E-state index in [2.05, 4.69) is 116 Å². The SMILES string of the molecule is C.CC[C@@H]1CCC[C@@H]1c1cnc2cnc3[nH]ccc3n12.CC[C@@H]1CCC[C@@H]1c1cnc2cnc3[nH]ccc3n12.CC[C@@H]1CCC[C@@H]1c1cnc2cnc3[nH]ccc3n12.Cl. The summed E-state index contributed by atoms with van der Waals surface area (Å²) in [6, 6.07) is 6.28. The van der Waals surface area contributed by atoms with Gasteiger partial charge in [-0.2, -0.15) is 0 Å². The number of H-pyrrole nitrogens is 3. The molecule has 12 rings (SSSR count). The molecule has 0 aromatic carbocycles. The molecule has 3 aliphatic rings. The monoisotopic (exact) mass is 814 g/mol. The summed E-state index contributed by atoms with van der Waals surface area (Å²) >= 11 is 0. The first-order valence-corrected chi connectivity index (χ1v) is 21.5. The summed E-state index contributed by atoms with van der Waals surface area (Å²) in [5.41, 5.74) is 13.2. The van der Waals surface area contributed by atoms with E-state index in [-0.39, 0.29) is 19.8 Å². The van der Waals surface area contributed by atoms with E-state index in [4.69, 9.17) is 0 Å². The number of hydrogen-bond acceptors (Lipinski definition) is 6. The van der Waals surface area contributed by atoms with E-state index in [1.807, 2.05) is 37.2 Å². The Kier molecular flexibility index (Phi) is 11.8. The minimum atomic E-state index is 0. The topological polar surface area (TPSA) is 138 Å². The third-order valence-electron chi connectivity index (χ3n) is 13.9. The Labute approximate surface area is 351 Å². The Morgan fingerprint density at radius 2 is 0.763 bits per heavy atom. The maximum absolute atomic E-state index is 4.55. The molecule has 3 aliphatic carbocycles. The third kappa shape index (κ3) is 7.06. The van der Waals surface area contributed by atoms with Crippen molar-refractivity contribution < 1.29 is 0 Å². The van der Waals surface area contributed by atoms with E-state index in [9.17, 15) is 0 Å². The average molecular weight is 816 g/mol. The van der Waals surface area contributed by atoms with E-state index < -0.39 is 0 Å². The second-order valence-corrected chi connectivity index (χ2v) is 16.7. The first-order valence-electron chi connectivity index (χ1n) is 21.5. The van der Waals surface area contributed by atoms with E-state index in [1.165, 1.54) is 94.1 Å². The van der Waals surface area contributed by atoms with Crippen molar-refractivity contribution in [3.05, 3.63) is 91.1 Å². The van der Waals surface area contributed by atoms with Crippen molar-refractivity contribution in [2.75, 3.05) is 0 Å². The van der Waals surface area contributed by atoms with Crippen LogP contribution >= 0.6 is 12.4 Å². The molecule has 0 bridgehead atoms. The van der Waals surface area contributed by atoms with Gasteiger partial charge in [-0.15, -0.1) is 12.4 Å². The second-order valence-electron chi connectivity index (χ2n) is 16.7. The molecule has 310 valence electrons. The quantitative estimate of drug-likeness (QED) is 0.153. The van der Waals surface area contributed by atoms with E-state index in [0.29, 0.717) is 17.8 Å². The lowest BCUT2D eigenvalue weighted by molar-refractivity contribution is 0.461. The van der Waals surface area contributed by atoms with Crippen LogP contribution in [-0.2, 0) is 0 Å². The van der Waals surface area contributed by atoms with Crippen molar-refractivity contribution in [3.8, 4) is 0 Å². The molecule has 0 radical (unpaired) electrons. The van der Waals surface area contributed by atoms with Crippen molar-refractivity contribution in [1.29, 1.82) is 0 Å². The molecular weight excluding hydrogens is 756 g/mol. The summed E-state index contributed by atoms with van der Waals surface area (Å²) in [7, 11) is 0. The summed E-state index contributed by atoms with van der Waals surface area (Å²) in [6.45, 7) is 6.92. The summed E-state index contributed by atoms with van der Waals surface area (Å²) in [5, 5.41) is 0. The highest BCUT2D eigenvalue weighted by Crippen LogP contribution is 2.44. The molecule has 3 fully saturated rings. The van der Waals surface area contributed by atoms with Gasteiger partial charge in [-0.05, 0) is 74.5 Å². The van der Waals surface area contributed by atoms with Crippen molar-refractivity contribution in [2.45, 2.75) is 123 Å². The molecule has 0 amide bonds.